The Morgan fingerprint density at radius 3 is 2.26 bits per heavy atom. The zero-order valence-electron chi connectivity index (χ0n) is 15.3. The predicted molar refractivity (Wildman–Crippen MR) is 101 cm³/mol. The molecule has 1 saturated heterocycles. The van der Waals surface area contributed by atoms with E-state index in [1.165, 1.54) is 18.4 Å². The lowest BCUT2D eigenvalue weighted by Gasteiger charge is -2.34. The summed E-state index contributed by atoms with van der Waals surface area (Å²) >= 11 is 1.38. The molecule has 2 N–H and O–H groups in total. The molecule has 8 nitrogen and oxygen atoms in total. The molecule has 0 saturated carbocycles. The third-order valence-corrected chi connectivity index (χ3v) is 5.30. The number of aromatic nitrogens is 1. The van der Waals surface area contributed by atoms with E-state index in [-0.39, 0.29) is 11.8 Å². The van der Waals surface area contributed by atoms with Gasteiger partial charge in [-0.05, 0) is 18.2 Å². The number of nitrogens with zero attached hydrogens (tertiary/aromatic N) is 3. The molecule has 0 radical (unpaired) electrons. The molecule has 1 aromatic heterocycles. The molecule has 0 bridgehead atoms. The smallest absolute Gasteiger partial charge is 0.273 e. The van der Waals surface area contributed by atoms with Crippen LogP contribution in [0.5, 0.6) is 11.5 Å². The molecule has 2 amide bonds. The molecule has 0 unspecified atom stereocenters. The largest absolute Gasteiger partial charge is 0.493 e. The van der Waals surface area contributed by atoms with Gasteiger partial charge in [0.25, 0.3) is 11.8 Å². The second kappa shape index (κ2) is 8.36. The monoisotopic (exact) mass is 390 g/mol. The van der Waals surface area contributed by atoms with E-state index in [0.717, 1.165) is 5.01 Å². The van der Waals surface area contributed by atoms with Gasteiger partial charge in [0.2, 0.25) is 0 Å². The number of benzene rings is 1. The Balaban J connectivity index is 1.63. The van der Waals surface area contributed by atoms with Crippen LogP contribution in [0.3, 0.4) is 0 Å². The van der Waals surface area contributed by atoms with Crippen LogP contribution in [0.25, 0.3) is 0 Å². The van der Waals surface area contributed by atoms with Gasteiger partial charge in [0, 0.05) is 43.7 Å². The maximum absolute atomic E-state index is 12.8. The minimum Gasteiger partial charge on any atom is -0.493 e. The molecule has 2 heterocycles. The summed E-state index contributed by atoms with van der Waals surface area (Å²) in [5.41, 5.74) is 6.49. The van der Waals surface area contributed by atoms with Gasteiger partial charge in [0.15, 0.2) is 11.5 Å². The van der Waals surface area contributed by atoms with Crippen LogP contribution < -0.4 is 15.2 Å². The number of hydrogen-bond donors (Lipinski definition) is 1. The van der Waals surface area contributed by atoms with Crippen molar-refractivity contribution >= 4 is 23.2 Å². The van der Waals surface area contributed by atoms with Crippen molar-refractivity contribution in [1.82, 2.24) is 14.8 Å². The summed E-state index contributed by atoms with van der Waals surface area (Å²) in [4.78, 5) is 33.0. The predicted octanol–water partition coefficient (Wildman–Crippen LogP) is 1.22. The molecule has 0 aliphatic carbocycles. The Morgan fingerprint density at radius 1 is 1.07 bits per heavy atom. The lowest BCUT2D eigenvalue weighted by atomic mass is 10.1. The molecular formula is C18H22N4O4S. The molecule has 1 fully saturated rings. The Morgan fingerprint density at radius 2 is 1.70 bits per heavy atom. The fraction of sp³-hybridized carbons (Fsp3) is 0.389. The van der Waals surface area contributed by atoms with Gasteiger partial charge in [-0.25, -0.2) is 4.98 Å². The number of ether oxygens (including phenoxy) is 2. The Hall–Kier alpha value is -2.65. The zero-order valence-corrected chi connectivity index (χ0v) is 16.1. The maximum atomic E-state index is 12.8. The first-order chi connectivity index (χ1) is 13.1. The number of carbonyl (C=O) groups excluding carboxylic acids is 2. The number of piperazine rings is 1. The minimum atomic E-state index is -0.121. The highest BCUT2D eigenvalue weighted by Gasteiger charge is 2.27. The van der Waals surface area contributed by atoms with E-state index in [4.69, 9.17) is 15.2 Å². The highest BCUT2D eigenvalue weighted by molar-refractivity contribution is 7.09. The Bertz CT molecular complexity index is 831. The first kappa shape index (κ1) is 19.1. The first-order valence-corrected chi connectivity index (χ1v) is 9.40. The van der Waals surface area contributed by atoms with Gasteiger partial charge in [-0.3, -0.25) is 9.59 Å². The number of carbonyl (C=O) groups is 2. The standard InChI is InChI=1S/C18H22N4O4S/c1-25-14-4-3-12(9-15(14)26-2)17(23)21-5-7-22(8-6-21)18(24)13-11-27-16(10-19)20-13/h3-4,9,11H,5-8,10,19H2,1-2H3. The average Bonchev–Trinajstić information content (AvgIpc) is 3.21. The van der Waals surface area contributed by atoms with E-state index in [9.17, 15) is 9.59 Å². The number of amides is 2. The van der Waals surface area contributed by atoms with Crippen molar-refractivity contribution in [3.8, 4) is 11.5 Å². The second-order valence-corrected chi connectivity index (χ2v) is 6.93. The van der Waals surface area contributed by atoms with Crippen molar-refractivity contribution in [1.29, 1.82) is 0 Å². The molecule has 0 atom stereocenters. The van der Waals surface area contributed by atoms with E-state index in [1.54, 1.807) is 40.5 Å². The fourth-order valence-electron chi connectivity index (χ4n) is 2.93. The van der Waals surface area contributed by atoms with Gasteiger partial charge >= 0.3 is 0 Å². The molecule has 3 rings (SSSR count). The number of methoxy groups -OCH3 is 2. The first-order valence-electron chi connectivity index (χ1n) is 8.52. The van der Waals surface area contributed by atoms with Crippen LogP contribution >= 0.6 is 11.3 Å². The summed E-state index contributed by atoms with van der Waals surface area (Å²) in [5.74, 6) is 0.868. The molecule has 0 spiro atoms. The average molecular weight is 390 g/mol. The molecule has 1 aliphatic rings. The van der Waals surface area contributed by atoms with Crippen LogP contribution in [0.1, 0.15) is 25.9 Å². The third-order valence-electron chi connectivity index (χ3n) is 4.43. The summed E-state index contributed by atoms with van der Waals surface area (Å²) in [7, 11) is 3.08. The molecule has 144 valence electrons. The summed E-state index contributed by atoms with van der Waals surface area (Å²) < 4.78 is 10.5. The van der Waals surface area contributed by atoms with E-state index < -0.39 is 0 Å². The molecule has 1 aromatic carbocycles. The zero-order chi connectivity index (χ0) is 19.4. The molecule has 9 heteroatoms. The SMILES string of the molecule is COc1ccc(C(=O)N2CCN(C(=O)c3csc(CN)n3)CC2)cc1OC. The van der Waals surface area contributed by atoms with Gasteiger partial charge in [-0.15, -0.1) is 11.3 Å². The van der Waals surface area contributed by atoms with E-state index >= 15 is 0 Å². The van der Waals surface area contributed by atoms with Crippen molar-refractivity contribution < 1.29 is 19.1 Å². The van der Waals surface area contributed by atoms with Crippen LogP contribution in [-0.2, 0) is 6.54 Å². The summed E-state index contributed by atoms with van der Waals surface area (Å²) in [6.45, 7) is 2.19. The van der Waals surface area contributed by atoms with Gasteiger partial charge < -0.3 is 25.0 Å². The highest BCUT2D eigenvalue weighted by Crippen LogP contribution is 2.28. The van der Waals surface area contributed by atoms with Crippen LogP contribution in [0.4, 0.5) is 0 Å². The van der Waals surface area contributed by atoms with Gasteiger partial charge in [0.05, 0.1) is 14.2 Å². The number of thiazole rings is 1. The lowest BCUT2D eigenvalue weighted by Crippen LogP contribution is -2.50. The Kier molecular flexibility index (Phi) is 5.92. The summed E-state index contributed by atoms with van der Waals surface area (Å²) in [6, 6.07) is 5.09. The van der Waals surface area contributed by atoms with Gasteiger partial charge in [-0.2, -0.15) is 0 Å². The number of hydrogen-bond acceptors (Lipinski definition) is 7. The van der Waals surface area contributed by atoms with E-state index in [2.05, 4.69) is 4.98 Å². The van der Waals surface area contributed by atoms with E-state index in [0.29, 0.717) is 55.5 Å². The van der Waals surface area contributed by atoms with Gasteiger partial charge in [0.1, 0.15) is 10.7 Å². The van der Waals surface area contributed by atoms with E-state index in [1.807, 2.05) is 0 Å². The van der Waals surface area contributed by atoms with Crippen LogP contribution in [0.15, 0.2) is 23.6 Å². The van der Waals surface area contributed by atoms with Crippen molar-refractivity contribution in [2.45, 2.75) is 6.54 Å². The fourth-order valence-corrected chi connectivity index (χ4v) is 3.58. The number of rotatable bonds is 5. The van der Waals surface area contributed by atoms with Gasteiger partial charge in [-0.1, -0.05) is 0 Å². The summed E-state index contributed by atoms with van der Waals surface area (Å²) in [5, 5.41) is 2.46. The minimum absolute atomic E-state index is 0.0953. The second-order valence-electron chi connectivity index (χ2n) is 5.98. The third kappa shape index (κ3) is 4.04. The lowest BCUT2D eigenvalue weighted by molar-refractivity contribution is 0.0532. The van der Waals surface area contributed by atoms with Crippen molar-refractivity contribution in [3.63, 3.8) is 0 Å². The highest BCUT2D eigenvalue weighted by atomic mass is 32.1. The maximum Gasteiger partial charge on any atom is 0.273 e. The normalized spacial score (nSPS) is 14.2. The molecule has 2 aromatic rings. The van der Waals surface area contributed by atoms with Crippen molar-refractivity contribution in [2.24, 2.45) is 5.73 Å². The van der Waals surface area contributed by atoms with Crippen LogP contribution in [0.2, 0.25) is 0 Å². The van der Waals surface area contributed by atoms with Crippen LogP contribution in [-0.4, -0.2) is 67.0 Å². The van der Waals surface area contributed by atoms with Crippen molar-refractivity contribution in [2.75, 3.05) is 40.4 Å². The number of nitrogens with two attached hydrogens (primary N) is 1. The quantitative estimate of drug-likeness (QED) is 0.824. The van der Waals surface area contributed by atoms with Crippen LogP contribution in [0, 0.1) is 0 Å². The topological polar surface area (TPSA) is 98.0 Å². The molecule has 27 heavy (non-hydrogen) atoms. The molecule has 1 aliphatic heterocycles. The summed E-state index contributed by atoms with van der Waals surface area (Å²) in [6.07, 6.45) is 0. The van der Waals surface area contributed by atoms with Crippen molar-refractivity contribution in [3.05, 3.63) is 39.8 Å². The Labute approximate surface area is 161 Å². The molecular weight excluding hydrogens is 368 g/mol.